The SMILES string of the molecule is Cn1nnc2cc(C(=O)N3CCCCC3CCO)ccc21. The zero-order valence-electron chi connectivity index (χ0n) is 12.2. The average molecular weight is 288 g/mol. The monoisotopic (exact) mass is 288 g/mol. The number of hydrogen-bond donors (Lipinski definition) is 1. The zero-order valence-corrected chi connectivity index (χ0v) is 12.2. The summed E-state index contributed by atoms with van der Waals surface area (Å²) in [7, 11) is 1.83. The molecule has 112 valence electrons. The van der Waals surface area contributed by atoms with Gasteiger partial charge in [-0.25, -0.2) is 4.68 Å². The molecule has 0 aliphatic carbocycles. The van der Waals surface area contributed by atoms with Crippen LogP contribution in [0.2, 0.25) is 0 Å². The molecule has 6 heteroatoms. The maximum Gasteiger partial charge on any atom is 0.254 e. The minimum Gasteiger partial charge on any atom is -0.396 e. The molecule has 6 nitrogen and oxygen atoms in total. The van der Waals surface area contributed by atoms with Gasteiger partial charge in [0, 0.05) is 31.8 Å². The van der Waals surface area contributed by atoms with Crippen LogP contribution >= 0.6 is 0 Å². The molecular weight excluding hydrogens is 268 g/mol. The molecule has 1 N–H and O–H groups in total. The highest BCUT2D eigenvalue weighted by atomic mass is 16.3. The van der Waals surface area contributed by atoms with E-state index in [0.717, 1.165) is 36.8 Å². The fourth-order valence-corrected chi connectivity index (χ4v) is 3.06. The predicted molar refractivity (Wildman–Crippen MR) is 78.9 cm³/mol. The Bertz CT molecular complexity index is 650. The van der Waals surface area contributed by atoms with Crippen molar-refractivity contribution in [3.05, 3.63) is 23.8 Å². The summed E-state index contributed by atoms with van der Waals surface area (Å²) in [6.45, 7) is 0.889. The molecule has 1 atom stereocenters. The number of fused-ring (bicyclic) bond motifs is 1. The lowest BCUT2D eigenvalue weighted by Gasteiger charge is -2.35. The Kier molecular flexibility index (Phi) is 3.88. The summed E-state index contributed by atoms with van der Waals surface area (Å²) < 4.78 is 1.69. The van der Waals surface area contributed by atoms with E-state index in [2.05, 4.69) is 10.3 Å². The lowest BCUT2D eigenvalue weighted by molar-refractivity contribution is 0.0575. The number of piperidine rings is 1. The molecule has 0 saturated carbocycles. The summed E-state index contributed by atoms with van der Waals surface area (Å²) in [6.07, 6.45) is 3.78. The largest absolute Gasteiger partial charge is 0.396 e. The van der Waals surface area contributed by atoms with Crippen LogP contribution in [0.5, 0.6) is 0 Å². The van der Waals surface area contributed by atoms with E-state index in [1.807, 2.05) is 24.1 Å². The number of aryl methyl sites for hydroxylation is 1. The van der Waals surface area contributed by atoms with E-state index in [-0.39, 0.29) is 18.6 Å². The maximum absolute atomic E-state index is 12.7. The molecule has 1 aromatic carbocycles. The second kappa shape index (κ2) is 5.81. The van der Waals surface area contributed by atoms with Gasteiger partial charge in [0.1, 0.15) is 5.52 Å². The van der Waals surface area contributed by atoms with Gasteiger partial charge >= 0.3 is 0 Å². The van der Waals surface area contributed by atoms with E-state index in [9.17, 15) is 9.90 Å². The normalized spacial score (nSPS) is 19.1. The molecule has 1 fully saturated rings. The molecule has 1 aliphatic heterocycles. The summed E-state index contributed by atoms with van der Waals surface area (Å²) >= 11 is 0. The van der Waals surface area contributed by atoms with Crippen LogP contribution in [0.1, 0.15) is 36.0 Å². The van der Waals surface area contributed by atoms with Crippen molar-refractivity contribution in [3.8, 4) is 0 Å². The second-order valence-corrected chi connectivity index (χ2v) is 5.58. The van der Waals surface area contributed by atoms with Crippen LogP contribution in [0.15, 0.2) is 18.2 Å². The van der Waals surface area contributed by atoms with Gasteiger partial charge in [-0.3, -0.25) is 4.79 Å². The van der Waals surface area contributed by atoms with Gasteiger partial charge in [0.2, 0.25) is 0 Å². The average Bonchev–Trinajstić information content (AvgIpc) is 2.88. The quantitative estimate of drug-likeness (QED) is 0.925. The van der Waals surface area contributed by atoms with Crippen molar-refractivity contribution >= 4 is 16.9 Å². The van der Waals surface area contributed by atoms with Crippen molar-refractivity contribution in [2.75, 3.05) is 13.2 Å². The van der Waals surface area contributed by atoms with Gasteiger partial charge in [-0.15, -0.1) is 5.10 Å². The fourth-order valence-electron chi connectivity index (χ4n) is 3.06. The third-order valence-electron chi connectivity index (χ3n) is 4.21. The minimum atomic E-state index is 0.0284. The fraction of sp³-hybridized carbons (Fsp3) is 0.533. The van der Waals surface area contributed by atoms with Crippen molar-refractivity contribution in [2.24, 2.45) is 7.05 Å². The van der Waals surface area contributed by atoms with E-state index >= 15 is 0 Å². The number of carbonyl (C=O) groups is 1. The Morgan fingerprint density at radius 2 is 2.29 bits per heavy atom. The predicted octanol–water partition coefficient (Wildman–Crippen LogP) is 1.35. The standard InChI is InChI=1S/C15H20N4O2/c1-18-14-6-5-11(10-13(14)16-17-18)15(21)19-8-3-2-4-12(19)7-9-20/h5-6,10,12,20H,2-4,7-9H2,1H3. The first-order chi connectivity index (χ1) is 10.2. The molecule has 3 rings (SSSR count). The van der Waals surface area contributed by atoms with Crippen LogP contribution in [-0.4, -0.2) is 50.1 Å². The van der Waals surface area contributed by atoms with Gasteiger partial charge in [0.25, 0.3) is 5.91 Å². The number of aliphatic hydroxyl groups excluding tert-OH is 1. The molecule has 1 saturated heterocycles. The third-order valence-corrected chi connectivity index (χ3v) is 4.21. The highest BCUT2D eigenvalue weighted by Gasteiger charge is 2.27. The molecule has 21 heavy (non-hydrogen) atoms. The van der Waals surface area contributed by atoms with Gasteiger partial charge in [0.05, 0.1) is 5.52 Å². The van der Waals surface area contributed by atoms with Gasteiger partial charge in [0.15, 0.2) is 0 Å². The maximum atomic E-state index is 12.7. The highest BCUT2D eigenvalue weighted by Crippen LogP contribution is 2.23. The number of benzene rings is 1. The number of carbonyl (C=O) groups excluding carboxylic acids is 1. The smallest absolute Gasteiger partial charge is 0.254 e. The van der Waals surface area contributed by atoms with Crippen molar-refractivity contribution < 1.29 is 9.90 Å². The Balaban J connectivity index is 1.87. The topological polar surface area (TPSA) is 71.2 Å². The first-order valence-electron chi connectivity index (χ1n) is 7.42. The van der Waals surface area contributed by atoms with E-state index in [1.165, 1.54) is 0 Å². The van der Waals surface area contributed by atoms with Crippen LogP contribution < -0.4 is 0 Å². The highest BCUT2D eigenvalue weighted by molar-refractivity contribution is 5.97. The minimum absolute atomic E-state index is 0.0284. The van der Waals surface area contributed by atoms with Gasteiger partial charge < -0.3 is 10.0 Å². The number of aromatic nitrogens is 3. The molecule has 2 heterocycles. The van der Waals surface area contributed by atoms with Gasteiger partial charge in [-0.1, -0.05) is 5.21 Å². The summed E-state index contributed by atoms with van der Waals surface area (Å²) in [4.78, 5) is 14.6. The number of likely N-dealkylation sites (tertiary alicyclic amines) is 1. The first-order valence-corrected chi connectivity index (χ1v) is 7.42. The number of nitrogens with zero attached hydrogens (tertiary/aromatic N) is 4. The summed E-state index contributed by atoms with van der Waals surface area (Å²) in [5.74, 6) is 0.0284. The van der Waals surface area contributed by atoms with E-state index in [1.54, 1.807) is 10.7 Å². The molecule has 2 aromatic rings. The molecule has 0 bridgehead atoms. The molecule has 1 unspecified atom stereocenters. The Labute approximate surface area is 123 Å². The summed E-state index contributed by atoms with van der Waals surface area (Å²) in [6, 6.07) is 5.66. The van der Waals surface area contributed by atoms with Crippen LogP contribution in [0.4, 0.5) is 0 Å². The Hall–Kier alpha value is -1.95. The molecule has 0 spiro atoms. The van der Waals surface area contributed by atoms with Crippen LogP contribution in [0.25, 0.3) is 11.0 Å². The number of aliphatic hydroxyl groups is 1. The number of rotatable bonds is 3. The molecule has 1 amide bonds. The Morgan fingerprint density at radius 3 is 3.10 bits per heavy atom. The lowest BCUT2D eigenvalue weighted by atomic mass is 9.98. The van der Waals surface area contributed by atoms with Crippen LogP contribution in [0, 0.1) is 0 Å². The third kappa shape index (κ3) is 2.63. The molecule has 1 aliphatic rings. The number of hydrogen-bond acceptors (Lipinski definition) is 4. The van der Waals surface area contributed by atoms with Crippen LogP contribution in [-0.2, 0) is 7.05 Å². The number of amides is 1. The van der Waals surface area contributed by atoms with Crippen LogP contribution in [0.3, 0.4) is 0 Å². The van der Waals surface area contributed by atoms with Crippen molar-refractivity contribution in [1.82, 2.24) is 19.9 Å². The first kappa shape index (κ1) is 14.0. The molecule has 0 radical (unpaired) electrons. The summed E-state index contributed by atoms with van der Waals surface area (Å²) in [5, 5.41) is 17.2. The second-order valence-electron chi connectivity index (χ2n) is 5.58. The Morgan fingerprint density at radius 1 is 1.43 bits per heavy atom. The van der Waals surface area contributed by atoms with E-state index in [4.69, 9.17) is 0 Å². The zero-order chi connectivity index (χ0) is 14.8. The van der Waals surface area contributed by atoms with Crippen molar-refractivity contribution in [1.29, 1.82) is 0 Å². The lowest BCUT2D eigenvalue weighted by Crippen LogP contribution is -2.44. The molecular formula is C15H20N4O2. The van der Waals surface area contributed by atoms with E-state index < -0.39 is 0 Å². The van der Waals surface area contributed by atoms with Gasteiger partial charge in [-0.05, 0) is 43.9 Å². The van der Waals surface area contributed by atoms with Crippen molar-refractivity contribution in [3.63, 3.8) is 0 Å². The van der Waals surface area contributed by atoms with Crippen molar-refractivity contribution in [2.45, 2.75) is 31.7 Å². The molecule has 1 aromatic heterocycles. The van der Waals surface area contributed by atoms with Gasteiger partial charge in [-0.2, -0.15) is 0 Å². The summed E-state index contributed by atoms with van der Waals surface area (Å²) in [5.41, 5.74) is 2.30. The van der Waals surface area contributed by atoms with E-state index in [0.29, 0.717) is 12.0 Å².